The average Bonchev–Trinajstić information content (AvgIpc) is 2.84. The summed E-state index contributed by atoms with van der Waals surface area (Å²) in [5.74, 6) is -6.29. The molecule has 0 aliphatic carbocycles. The Morgan fingerprint density at radius 2 is 1.49 bits per heavy atom. The van der Waals surface area contributed by atoms with E-state index in [0.717, 1.165) is 11.1 Å². The molecule has 0 radical (unpaired) electrons. The van der Waals surface area contributed by atoms with Crippen LogP contribution in [0.25, 0.3) is 11.4 Å². The summed E-state index contributed by atoms with van der Waals surface area (Å²) in [5, 5.41) is 14.2. The van der Waals surface area contributed by atoms with E-state index in [4.69, 9.17) is 25.5 Å². The zero-order valence-electron chi connectivity index (χ0n) is 20.9. The average molecular weight is 608 g/mol. The quantitative estimate of drug-likeness (QED) is 0.373. The number of aromatic amines is 1. The molecule has 1 saturated heterocycles. The summed E-state index contributed by atoms with van der Waals surface area (Å²) in [7, 11) is 0. The van der Waals surface area contributed by atoms with Gasteiger partial charge in [-0.1, -0.05) is 24.3 Å². The van der Waals surface area contributed by atoms with Crippen molar-refractivity contribution in [1.82, 2.24) is 14.9 Å². The van der Waals surface area contributed by atoms with Crippen molar-refractivity contribution >= 4 is 11.9 Å². The second-order valence-electron chi connectivity index (χ2n) is 8.54. The Balaban J connectivity index is 0.000000497. The predicted octanol–water partition coefficient (Wildman–Crippen LogP) is 3.98. The Hall–Kier alpha value is -3.67. The minimum atomic E-state index is -5.08. The second kappa shape index (κ2) is 14.8. The van der Waals surface area contributed by atoms with Gasteiger partial charge in [-0.15, -0.1) is 0 Å². The lowest BCUT2D eigenvalue weighted by atomic mass is 9.97. The van der Waals surface area contributed by atoms with Crippen molar-refractivity contribution in [2.24, 2.45) is 11.7 Å². The molecule has 41 heavy (non-hydrogen) atoms. The monoisotopic (exact) mass is 608 g/mol. The van der Waals surface area contributed by atoms with Gasteiger partial charge < -0.3 is 20.9 Å². The zero-order valence-corrected chi connectivity index (χ0v) is 20.9. The van der Waals surface area contributed by atoms with Crippen molar-refractivity contribution < 1.29 is 59.3 Å². The van der Waals surface area contributed by atoms with Crippen LogP contribution in [0.15, 0.2) is 35.1 Å². The summed E-state index contributed by atoms with van der Waals surface area (Å²) in [5.41, 5.74) is 7.60. The molecule has 0 amide bonds. The van der Waals surface area contributed by atoms with Crippen LogP contribution in [-0.4, -0.2) is 75.2 Å². The third kappa shape index (κ3) is 13.0. The molecule has 2 aromatic rings. The van der Waals surface area contributed by atoms with Crippen LogP contribution in [0.1, 0.15) is 24.1 Å². The molecule has 1 fully saturated rings. The maximum Gasteiger partial charge on any atom is 0.490 e. The van der Waals surface area contributed by atoms with Crippen LogP contribution < -0.4 is 11.3 Å². The first-order valence-electron chi connectivity index (χ1n) is 11.5. The number of rotatable bonds is 5. The Kier molecular flexibility index (Phi) is 12.8. The van der Waals surface area contributed by atoms with Gasteiger partial charge in [0, 0.05) is 36.8 Å². The lowest BCUT2D eigenvalue weighted by molar-refractivity contribution is -0.193. The number of carboxylic acids is 2. The van der Waals surface area contributed by atoms with Gasteiger partial charge >= 0.3 is 30.5 Å². The number of carboxylic acid groups (broad SMARTS) is 2. The molecule has 1 aliphatic rings. The first kappa shape index (κ1) is 35.4. The van der Waals surface area contributed by atoms with Gasteiger partial charge in [-0.3, -0.25) is 9.69 Å². The molecule has 0 bridgehead atoms. The van der Waals surface area contributed by atoms with E-state index in [1.54, 1.807) is 0 Å². The molecule has 0 spiro atoms. The van der Waals surface area contributed by atoms with E-state index in [-0.39, 0.29) is 18.5 Å². The van der Waals surface area contributed by atoms with E-state index in [0.29, 0.717) is 44.0 Å². The molecule has 18 heteroatoms. The number of hydrogen-bond acceptors (Lipinski definition) is 6. The van der Waals surface area contributed by atoms with Gasteiger partial charge in [0.1, 0.15) is 5.82 Å². The van der Waals surface area contributed by atoms with Gasteiger partial charge in [0.2, 0.25) is 0 Å². The number of nitrogens with zero attached hydrogens (tertiary/aromatic N) is 2. The number of nitrogens with one attached hydrogen (secondary N) is 1. The lowest BCUT2D eigenvalue weighted by Crippen LogP contribution is -2.41. The van der Waals surface area contributed by atoms with Gasteiger partial charge in [0.25, 0.3) is 5.56 Å². The molecule has 3 rings (SSSR count). The Labute approximate surface area is 225 Å². The molecular weight excluding hydrogens is 583 g/mol. The molecule has 1 unspecified atom stereocenters. The Morgan fingerprint density at radius 1 is 0.976 bits per heavy atom. The summed E-state index contributed by atoms with van der Waals surface area (Å²) >= 11 is 0. The fourth-order valence-electron chi connectivity index (χ4n) is 3.41. The van der Waals surface area contributed by atoms with Crippen molar-refractivity contribution in [2.75, 3.05) is 19.6 Å². The number of H-pyrrole nitrogens is 1. The summed E-state index contributed by atoms with van der Waals surface area (Å²) in [4.78, 5) is 38.5. The van der Waals surface area contributed by atoms with E-state index in [1.165, 1.54) is 6.07 Å². The Morgan fingerprint density at radius 3 is 1.93 bits per heavy atom. The topological polar surface area (TPSA) is 150 Å². The highest BCUT2D eigenvalue weighted by molar-refractivity contribution is 5.73. The van der Waals surface area contributed by atoms with Crippen LogP contribution in [0.5, 0.6) is 0 Å². The fraction of sp³-hybridized carbons (Fsp3) is 0.478. The van der Waals surface area contributed by atoms with Crippen LogP contribution in [0.3, 0.4) is 0 Å². The van der Waals surface area contributed by atoms with E-state index in [2.05, 4.69) is 9.97 Å². The van der Waals surface area contributed by atoms with Crippen LogP contribution in [0, 0.1) is 5.92 Å². The molecule has 1 aromatic heterocycles. The number of likely N-dealkylation sites (tertiary alicyclic amines) is 1. The van der Waals surface area contributed by atoms with Gasteiger partial charge in [-0.05, 0) is 31.5 Å². The van der Waals surface area contributed by atoms with Crippen molar-refractivity contribution in [3.63, 3.8) is 0 Å². The first-order chi connectivity index (χ1) is 18.7. The first-order valence-corrected chi connectivity index (χ1v) is 11.5. The van der Waals surface area contributed by atoms with Crippen molar-refractivity contribution in [1.29, 1.82) is 0 Å². The standard InChI is InChI=1S/C19H23F3N4O.2C2HF3O2/c20-19(21,22)15-2-1-9-26(12-15)11-13-3-5-14(6-4-13)18-24-16(7-8-23)10-17(27)25-18;2*3-2(4,5)1(6)7/h3-6,10,15H,1-2,7-9,11-12,23H2,(H,24,25,27);2*(H,6,7). The number of piperidine rings is 1. The van der Waals surface area contributed by atoms with Gasteiger partial charge in [0.05, 0.1) is 5.92 Å². The molecular formula is C23H25F9N4O5. The number of nitrogens with two attached hydrogens (primary N) is 1. The largest absolute Gasteiger partial charge is 0.490 e. The third-order valence-electron chi connectivity index (χ3n) is 5.28. The van der Waals surface area contributed by atoms with Crippen molar-refractivity contribution in [3.05, 3.63) is 51.9 Å². The van der Waals surface area contributed by atoms with Gasteiger partial charge in [-0.2, -0.15) is 39.5 Å². The molecule has 1 aliphatic heterocycles. The van der Waals surface area contributed by atoms with Crippen molar-refractivity contribution in [3.8, 4) is 11.4 Å². The van der Waals surface area contributed by atoms with E-state index in [1.807, 2.05) is 29.2 Å². The predicted molar refractivity (Wildman–Crippen MR) is 124 cm³/mol. The SMILES string of the molecule is NCCc1cc(=O)[nH]c(-c2ccc(CN3CCCC(C(F)(F)F)C3)cc2)n1.O=C(O)C(F)(F)F.O=C(O)C(F)(F)F. The normalized spacial score (nSPS) is 16.1. The van der Waals surface area contributed by atoms with Crippen molar-refractivity contribution in [2.45, 2.75) is 44.3 Å². The lowest BCUT2D eigenvalue weighted by Gasteiger charge is -2.33. The number of hydrogen-bond donors (Lipinski definition) is 4. The van der Waals surface area contributed by atoms with Crippen LogP contribution >= 0.6 is 0 Å². The number of aromatic nitrogens is 2. The van der Waals surface area contributed by atoms with E-state index >= 15 is 0 Å². The minimum absolute atomic E-state index is 0.0429. The van der Waals surface area contributed by atoms with E-state index < -0.39 is 36.4 Å². The summed E-state index contributed by atoms with van der Waals surface area (Å²) in [6.45, 7) is 1.60. The molecule has 5 N–H and O–H groups in total. The highest BCUT2D eigenvalue weighted by Gasteiger charge is 2.41. The van der Waals surface area contributed by atoms with Crippen LogP contribution in [0.2, 0.25) is 0 Å². The molecule has 2 heterocycles. The maximum absolute atomic E-state index is 12.9. The highest BCUT2D eigenvalue weighted by atomic mass is 19.4. The number of benzene rings is 1. The number of halogens is 9. The number of carbonyl (C=O) groups is 2. The summed E-state index contributed by atoms with van der Waals surface area (Å²) < 4.78 is 102. The van der Waals surface area contributed by atoms with Gasteiger partial charge in [0.15, 0.2) is 0 Å². The number of alkyl halides is 9. The van der Waals surface area contributed by atoms with Gasteiger partial charge in [-0.25, -0.2) is 14.6 Å². The molecule has 230 valence electrons. The Bertz CT molecular complexity index is 1170. The third-order valence-corrected chi connectivity index (χ3v) is 5.28. The fourth-order valence-corrected chi connectivity index (χ4v) is 3.41. The smallest absolute Gasteiger partial charge is 0.475 e. The minimum Gasteiger partial charge on any atom is -0.475 e. The second-order valence-corrected chi connectivity index (χ2v) is 8.54. The molecule has 0 saturated carbocycles. The maximum atomic E-state index is 12.9. The van der Waals surface area contributed by atoms with E-state index in [9.17, 15) is 44.3 Å². The van der Waals surface area contributed by atoms with Crippen LogP contribution in [-0.2, 0) is 22.6 Å². The summed E-state index contributed by atoms with van der Waals surface area (Å²) in [6.07, 6.45) is -13.0. The number of aliphatic carboxylic acids is 2. The molecule has 1 atom stereocenters. The summed E-state index contributed by atoms with van der Waals surface area (Å²) in [6, 6.07) is 8.80. The molecule has 9 nitrogen and oxygen atoms in total. The zero-order chi connectivity index (χ0) is 31.6. The van der Waals surface area contributed by atoms with Crippen LogP contribution in [0.4, 0.5) is 39.5 Å². The molecule has 1 aromatic carbocycles. The highest BCUT2D eigenvalue weighted by Crippen LogP contribution is 2.33.